The van der Waals surface area contributed by atoms with Crippen molar-refractivity contribution < 1.29 is 4.74 Å². The number of rotatable bonds is 4. The number of hydrogen-bond acceptors (Lipinski definition) is 4. The molecule has 0 saturated carbocycles. The summed E-state index contributed by atoms with van der Waals surface area (Å²) in [7, 11) is 1.69. The lowest BCUT2D eigenvalue weighted by atomic mass is 10.1. The van der Waals surface area contributed by atoms with E-state index >= 15 is 0 Å². The van der Waals surface area contributed by atoms with E-state index in [2.05, 4.69) is 16.9 Å². The number of benzene rings is 1. The third-order valence-corrected chi connectivity index (χ3v) is 3.12. The molecule has 1 heterocycles. The summed E-state index contributed by atoms with van der Waals surface area (Å²) in [5, 5.41) is 0. The van der Waals surface area contributed by atoms with Crippen LogP contribution in [0.25, 0.3) is 11.4 Å². The van der Waals surface area contributed by atoms with Crippen molar-refractivity contribution in [3.63, 3.8) is 0 Å². The Kier molecular flexibility index (Phi) is 4.12. The maximum Gasteiger partial charge on any atom is 0.161 e. The number of methoxy groups -OCH3 is 1. The van der Waals surface area contributed by atoms with Crippen LogP contribution >= 0.6 is 0 Å². The van der Waals surface area contributed by atoms with E-state index in [1.54, 1.807) is 7.11 Å². The lowest BCUT2D eigenvalue weighted by Gasteiger charge is -2.09. The molecule has 0 fully saturated rings. The van der Waals surface area contributed by atoms with Gasteiger partial charge in [-0.25, -0.2) is 9.97 Å². The zero-order valence-corrected chi connectivity index (χ0v) is 11.6. The number of ether oxygens (including phenoxy) is 1. The van der Waals surface area contributed by atoms with E-state index in [4.69, 9.17) is 10.5 Å². The molecule has 4 heteroatoms. The smallest absolute Gasteiger partial charge is 0.161 e. The van der Waals surface area contributed by atoms with E-state index < -0.39 is 0 Å². The van der Waals surface area contributed by atoms with Crippen molar-refractivity contribution in [3.05, 3.63) is 41.1 Å². The van der Waals surface area contributed by atoms with Crippen LogP contribution in [-0.4, -0.2) is 17.1 Å². The van der Waals surface area contributed by atoms with Crippen molar-refractivity contribution in [1.82, 2.24) is 9.97 Å². The lowest BCUT2D eigenvalue weighted by molar-refractivity contribution is 0.185. The summed E-state index contributed by atoms with van der Waals surface area (Å²) in [6.07, 6.45) is 0.852. The second-order valence-corrected chi connectivity index (χ2v) is 4.48. The summed E-state index contributed by atoms with van der Waals surface area (Å²) in [4.78, 5) is 8.91. The third-order valence-electron chi connectivity index (χ3n) is 3.12. The fourth-order valence-corrected chi connectivity index (χ4v) is 2.10. The van der Waals surface area contributed by atoms with Crippen molar-refractivity contribution in [3.8, 4) is 11.4 Å². The Bertz CT molecular complexity index is 541. The van der Waals surface area contributed by atoms with E-state index in [1.165, 1.54) is 0 Å². The van der Waals surface area contributed by atoms with Gasteiger partial charge in [0.05, 0.1) is 6.61 Å². The highest BCUT2D eigenvalue weighted by Gasteiger charge is 2.09. The summed E-state index contributed by atoms with van der Waals surface area (Å²) in [6.45, 7) is 4.64. The minimum absolute atomic E-state index is 0.575. The first-order valence-electron chi connectivity index (χ1n) is 6.37. The van der Waals surface area contributed by atoms with Gasteiger partial charge in [-0.2, -0.15) is 0 Å². The van der Waals surface area contributed by atoms with Crippen molar-refractivity contribution in [2.45, 2.75) is 26.9 Å². The normalized spacial score (nSPS) is 10.7. The zero-order valence-electron chi connectivity index (χ0n) is 11.6. The van der Waals surface area contributed by atoms with Gasteiger partial charge < -0.3 is 10.5 Å². The predicted octanol–water partition coefficient (Wildman–Crippen LogP) is 2.74. The second kappa shape index (κ2) is 5.80. The standard InChI is InChI=1S/C15H19N3O/c1-4-13-10(2)17-15(18-14(13)16)12-7-5-11(6-8-12)9-19-3/h5-8H,4,9H2,1-3H3,(H2,16,17,18). The highest BCUT2D eigenvalue weighted by molar-refractivity contribution is 5.59. The van der Waals surface area contributed by atoms with Gasteiger partial charge in [0.25, 0.3) is 0 Å². The molecule has 0 amide bonds. The average Bonchev–Trinajstić information content (AvgIpc) is 2.39. The van der Waals surface area contributed by atoms with E-state index in [1.807, 2.05) is 31.2 Å². The number of hydrogen-bond donors (Lipinski definition) is 1. The molecule has 0 aliphatic rings. The van der Waals surface area contributed by atoms with Gasteiger partial charge in [0.2, 0.25) is 0 Å². The molecule has 0 spiro atoms. The van der Waals surface area contributed by atoms with Crippen LogP contribution in [0.5, 0.6) is 0 Å². The van der Waals surface area contributed by atoms with Gasteiger partial charge in [-0.3, -0.25) is 0 Å². The van der Waals surface area contributed by atoms with Crippen molar-refractivity contribution in [1.29, 1.82) is 0 Å². The second-order valence-electron chi connectivity index (χ2n) is 4.48. The summed E-state index contributed by atoms with van der Waals surface area (Å²) >= 11 is 0. The van der Waals surface area contributed by atoms with Crippen LogP contribution in [0.4, 0.5) is 5.82 Å². The first-order valence-corrected chi connectivity index (χ1v) is 6.37. The van der Waals surface area contributed by atoms with E-state index in [9.17, 15) is 0 Å². The number of nitrogen functional groups attached to an aromatic ring is 1. The predicted molar refractivity (Wildman–Crippen MR) is 76.7 cm³/mol. The highest BCUT2D eigenvalue weighted by atomic mass is 16.5. The molecule has 1 aromatic heterocycles. The van der Waals surface area contributed by atoms with Gasteiger partial charge in [0, 0.05) is 23.9 Å². The minimum Gasteiger partial charge on any atom is -0.383 e. The molecule has 100 valence electrons. The Hall–Kier alpha value is -1.94. The first kappa shape index (κ1) is 13.5. The highest BCUT2D eigenvalue weighted by Crippen LogP contribution is 2.21. The maximum atomic E-state index is 5.98. The summed E-state index contributed by atoms with van der Waals surface area (Å²) in [6, 6.07) is 8.02. The van der Waals surface area contributed by atoms with Crippen LogP contribution in [0.2, 0.25) is 0 Å². The topological polar surface area (TPSA) is 61.0 Å². The SMILES string of the molecule is CCc1c(C)nc(-c2ccc(COC)cc2)nc1N. The number of nitrogens with zero attached hydrogens (tertiary/aromatic N) is 2. The molecule has 0 atom stereocenters. The van der Waals surface area contributed by atoms with E-state index in [0.717, 1.165) is 28.8 Å². The van der Waals surface area contributed by atoms with E-state index in [0.29, 0.717) is 18.2 Å². The Morgan fingerprint density at radius 2 is 1.84 bits per heavy atom. The van der Waals surface area contributed by atoms with Crippen LogP contribution in [-0.2, 0) is 17.8 Å². The molecule has 4 nitrogen and oxygen atoms in total. The molecule has 0 radical (unpaired) electrons. The van der Waals surface area contributed by atoms with Gasteiger partial charge in [-0.05, 0) is 18.9 Å². The minimum atomic E-state index is 0.575. The van der Waals surface area contributed by atoms with Crippen LogP contribution in [0.3, 0.4) is 0 Å². The van der Waals surface area contributed by atoms with Crippen molar-refractivity contribution in [2.75, 3.05) is 12.8 Å². The largest absolute Gasteiger partial charge is 0.383 e. The van der Waals surface area contributed by atoms with Crippen LogP contribution < -0.4 is 5.73 Å². The molecule has 0 aliphatic heterocycles. The number of aryl methyl sites for hydroxylation is 1. The molecule has 0 bridgehead atoms. The summed E-state index contributed by atoms with van der Waals surface area (Å²) < 4.78 is 5.09. The molecule has 2 rings (SSSR count). The van der Waals surface area contributed by atoms with Gasteiger partial charge >= 0.3 is 0 Å². The van der Waals surface area contributed by atoms with Crippen LogP contribution in [0, 0.1) is 6.92 Å². The molecule has 0 unspecified atom stereocenters. The molecule has 0 aliphatic carbocycles. The van der Waals surface area contributed by atoms with Crippen molar-refractivity contribution >= 4 is 5.82 Å². The fourth-order valence-electron chi connectivity index (χ4n) is 2.10. The Labute approximate surface area is 113 Å². The molecule has 19 heavy (non-hydrogen) atoms. The van der Waals surface area contributed by atoms with Gasteiger partial charge in [0.15, 0.2) is 5.82 Å². The fraction of sp³-hybridized carbons (Fsp3) is 0.333. The van der Waals surface area contributed by atoms with Crippen molar-refractivity contribution in [2.24, 2.45) is 0 Å². The number of nitrogens with two attached hydrogens (primary N) is 1. The van der Waals surface area contributed by atoms with Gasteiger partial charge in [-0.1, -0.05) is 31.2 Å². The average molecular weight is 257 g/mol. The zero-order chi connectivity index (χ0) is 13.8. The molecule has 2 aromatic rings. The Morgan fingerprint density at radius 1 is 1.16 bits per heavy atom. The molecule has 1 aromatic carbocycles. The van der Waals surface area contributed by atoms with Crippen LogP contribution in [0.1, 0.15) is 23.7 Å². The quantitative estimate of drug-likeness (QED) is 0.914. The maximum absolute atomic E-state index is 5.98. The Morgan fingerprint density at radius 3 is 2.37 bits per heavy atom. The third kappa shape index (κ3) is 2.90. The van der Waals surface area contributed by atoms with E-state index in [-0.39, 0.29) is 0 Å². The number of aromatic nitrogens is 2. The Balaban J connectivity index is 2.36. The summed E-state index contributed by atoms with van der Waals surface area (Å²) in [5.74, 6) is 1.25. The molecule has 0 saturated heterocycles. The van der Waals surface area contributed by atoms with Gasteiger partial charge in [0.1, 0.15) is 5.82 Å². The van der Waals surface area contributed by atoms with Gasteiger partial charge in [-0.15, -0.1) is 0 Å². The molecule has 2 N–H and O–H groups in total. The molecular weight excluding hydrogens is 238 g/mol. The number of anilines is 1. The lowest BCUT2D eigenvalue weighted by Crippen LogP contribution is -2.04. The molecular formula is C15H19N3O. The first-order chi connectivity index (χ1) is 9.15. The van der Waals surface area contributed by atoms with Crippen LogP contribution in [0.15, 0.2) is 24.3 Å². The monoisotopic (exact) mass is 257 g/mol. The summed E-state index contributed by atoms with van der Waals surface area (Å²) in [5.41, 5.74) is 10.0.